The molecule has 0 saturated carbocycles. The Morgan fingerprint density at radius 3 is 1.95 bits per heavy atom. The third-order valence-electron chi connectivity index (χ3n) is 5.28. The molecule has 5 rings (SSSR count). The summed E-state index contributed by atoms with van der Waals surface area (Å²) >= 11 is 0. The maximum Gasteiger partial charge on any atom is 0.123 e. The Kier molecular flexibility index (Phi) is 7.71. The van der Waals surface area contributed by atoms with Gasteiger partial charge in [-0.2, -0.15) is 0 Å². The molecule has 0 saturated heterocycles. The van der Waals surface area contributed by atoms with Gasteiger partial charge in [0, 0.05) is 42.1 Å². The minimum atomic E-state index is -2.42. The summed E-state index contributed by atoms with van der Waals surface area (Å²) in [5.41, 5.74) is 3.00. The molecule has 2 heterocycles. The maximum absolute atomic E-state index is 13.0. The molecule has 0 N–H and O–H groups in total. The standard InChI is InChI=1S/C18H13FN.C17H20N.Ir/c19-17-9-6-14(7-10-17)12-15-8-11-18(20-13-15)16-4-2-1-3-5-16;1-13-12-18-16(14-8-6-5-7-9-14)10-15(13)11-17(2,3)4;/h1-4,6-11,13H,12H2;5-8,10,12H,11H2,1-4H3;/q2*-1;/i12D2;1D3,11D2;. The van der Waals surface area contributed by atoms with Crippen LogP contribution in [-0.2, 0) is 32.9 Å². The molecule has 0 spiro atoms. The molecule has 0 unspecified atom stereocenters. The van der Waals surface area contributed by atoms with Crippen molar-refractivity contribution in [2.45, 2.75) is 40.4 Å². The Hall–Kier alpha value is -3.46. The topological polar surface area (TPSA) is 25.8 Å². The van der Waals surface area contributed by atoms with E-state index < -0.39 is 25.0 Å². The van der Waals surface area contributed by atoms with E-state index >= 15 is 0 Å². The zero-order valence-corrected chi connectivity index (χ0v) is 24.3. The van der Waals surface area contributed by atoms with E-state index in [1.54, 1.807) is 45.0 Å². The Balaban J connectivity index is 0.000000245. The molecule has 0 atom stereocenters. The zero-order chi connectivity index (χ0) is 33.0. The van der Waals surface area contributed by atoms with E-state index in [9.17, 15) is 4.39 Å². The second kappa shape index (κ2) is 14.1. The molecule has 4 heteroatoms. The summed E-state index contributed by atoms with van der Waals surface area (Å²) in [6.07, 6.45) is -0.759. The van der Waals surface area contributed by atoms with Crippen molar-refractivity contribution in [3.05, 3.63) is 144 Å². The number of aromatic nitrogens is 2. The van der Waals surface area contributed by atoms with Crippen LogP contribution in [0.1, 0.15) is 52.6 Å². The third kappa shape index (κ3) is 9.35. The van der Waals surface area contributed by atoms with Crippen LogP contribution in [0.5, 0.6) is 0 Å². The number of halogens is 1. The van der Waals surface area contributed by atoms with Crippen molar-refractivity contribution in [2.75, 3.05) is 0 Å². The fourth-order valence-electron chi connectivity index (χ4n) is 3.54. The van der Waals surface area contributed by atoms with E-state index in [2.05, 4.69) is 22.1 Å². The molecule has 201 valence electrons. The smallest absolute Gasteiger partial charge is 0.123 e. The van der Waals surface area contributed by atoms with Crippen LogP contribution in [0.3, 0.4) is 0 Å². The van der Waals surface area contributed by atoms with E-state index in [0.29, 0.717) is 22.4 Å². The zero-order valence-electron chi connectivity index (χ0n) is 28.9. The van der Waals surface area contributed by atoms with Gasteiger partial charge >= 0.3 is 0 Å². The van der Waals surface area contributed by atoms with Gasteiger partial charge < -0.3 is 9.97 Å². The van der Waals surface area contributed by atoms with Gasteiger partial charge in [-0.15, -0.1) is 71.8 Å². The summed E-state index contributed by atoms with van der Waals surface area (Å²) in [4.78, 5) is 8.53. The Morgan fingerprint density at radius 2 is 1.41 bits per heavy atom. The van der Waals surface area contributed by atoms with E-state index in [1.807, 2.05) is 42.5 Å². The van der Waals surface area contributed by atoms with Crippen LogP contribution >= 0.6 is 0 Å². The van der Waals surface area contributed by atoms with E-state index in [1.165, 1.54) is 36.7 Å². The molecule has 2 aromatic heterocycles. The minimum absolute atomic E-state index is 0. The Morgan fingerprint density at radius 1 is 0.795 bits per heavy atom. The van der Waals surface area contributed by atoms with Crippen LogP contribution in [-0.4, -0.2) is 9.97 Å². The summed E-state index contributed by atoms with van der Waals surface area (Å²) in [5.74, 6) is -0.382. The monoisotopic (exact) mass is 700 g/mol. The number of aryl methyl sites for hydroxylation is 1. The summed E-state index contributed by atoms with van der Waals surface area (Å²) in [7, 11) is 0. The van der Waals surface area contributed by atoms with Gasteiger partial charge in [0.05, 0.1) is 0 Å². The van der Waals surface area contributed by atoms with Gasteiger partial charge in [-0.05, 0) is 65.2 Å². The molecule has 0 bridgehead atoms. The molecule has 0 fully saturated rings. The molecular weight excluding hydrogens is 660 g/mol. The molecule has 1 radical (unpaired) electrons. The minimum Gasteiger partial charge on any atom is -0.304 e. The predicted octanol–water partition coefficient (Wildman–Crippen LogP) is 8.72. The summed E-state index contributed by atoms with van der Waals surface area (Å²) in [6, 6.07) is 31.3. The molecule has 5 aromatic rings. The van der Waals surface area contributed by atoms with E-state index in [-0.39, 0.29) is 37.0 Å². The van der Waals surface area contributed by atoms with E-state index in [4.69, 9.17) is 9.60 Å². The van der Waals surface area contributed by atoms with Crippen molar-refractivity contribution < 1.29 is 34.1 Å². The molecule has 39 heavy (non-hydrogen) atoms. The molecule has 0 aliphatic heterocycles. The number of pyridine rings is 2. The average molecular weight is 700 g/mol. The largest absolute Gasteiger partial charge is 0.304 e. The van der Waals surface area contributed by atoms with Gasteiger partial charge in [-0.3, -0.25) is 0 Å². The SMILES string of the molecule is [2H]C([2H])([2H])c1cnc(-c2[c-]cccc2)cc1C([2H])([2H])C(C)(C)C.[2H]C([2H])(c1ccc(F)cc1)c1ccc(-c2[c-]cccc2)nc1.[Ir]. The first-order valence-electron chi connectivity index (χ1n) is 15.7. The molecule has 2 nitrogen and oxygen atoms in total. The molecule has 0 aliphatic carbocycles. The van der Waals surface area contributed by atoms with Crippen molar-refractivity contribution in [3.8, 4) is 22.5 Å². The van der Waals surface area contributed by atoms with Crippen LogP contribution in [0.2, 0.25) is 0 Å². The fourth-order valence-corrected chi connectivity index (χ4v) is 3.54. The van der Waals surface area contributed by atoms with Gasteiger partial charge in [0.1, 0.15) is 5.82 Å². The van der Waals surface area contributed by atoms with Gasteiger partial charge in [0.15, 0.2) is 0 Å². The number of benzene rings is 3. The van der Waals surface area contributed by atoms with Crippen molar-refractivity contribution in [1.82, 2.24) is 9.97 Å². The van der Waals surface area contributed by atoms with Crippen LogP contribution in [0.15, 0.2) is 103 Å². The van der Waals surface area contributed by atoms with Crippen LogP contribution in [0, 0.1) is 30.2 Å². The molecule has 0 aliphatic rings. The van der Waals surface area contributed by atoms with Crippen molar-refractivity contribution in [3.63, 3.8) is 0 Å². The number of hydrogen-bond donors (Lipinski definition) is 0. The first-order chi connectivity index (χ1) is 21.0. The first kappa shape index (κ1) is 21.4. The van der Waals surface area contributed by atoms with Crippen molar-refractivity contribution in [2.24, 2.45) is 5.41 Å². The predicted molar refractivity (Wildman–Crippen MR) is 154 cm³/mol. The molecule has 3 aromatic carbocycles. The Labute approximate surface area is 255 Å². The van der Waals surface area contributed by atoms with Crippen LogP contribution in [0.25, 0.3) is 22.5 Å². The molecular formula is C35H33FIrN2-2. The number of hydrogen-bond acceptors (Lipinski definition) is 2. The quantitative estimate of drug-likeness (QED) is 0.172. The Bertz CT molecular complexity index is 1710. The van der Waals surface area contributed by atoms with Gasteiger partial charge in [0.2, 0.25) is 0 Å². The molecule has 0 amide bonds. The summed E-state index contributed by atoms with van der Waals surface area (Å²) in [6.45, 7) is 2.85. The summed E-state index contributed by atoms with van der Waals surface area (Å²) in [5, 5.41) is 0. The van der Waals surface area contributed by atoms with Gasteiger partial charge in [-0.25, -0.2) is 4.39 Å². The summed E-state index contributed by atoms with van der Waals surface area (Å²) < 4.78 is 69.5. The number of nitrogens with zero attached hydrogens (tertiary/aromatic N) is 2. The van der Waals surface area contributed by atoms with Crippen LogP contribution < -0.4 is 0 Å². The van der Waals surface area contributed by atoms with Crippen molar-refractivity contribution >= 4 is 0 Å². The van der Waals surface area contributed by atoms with Crippen molar-refractivity contribution in [1.29, 1.82) is 0 Å². The number of rotatable bonds is 5. The van der Waals surface area contributed by atoms with E-state index in [0.717, 1.165) is 11.3 Å². The van der Waals surface area contributed by atoms with Crippen LogP contribution in [0.4, 0.5) is 4.39 Å². The van der Waals surface area contributed by atoms with Gasteiger partial charge in [-0.1, -0.05) is 56.7 Å². The normalized spacial score (nSPS) is 14.4. The fraction of sp³-hybridized carbons (Fsp3) is 0.200. The van der Waals surface area contributed by atoms with Gasteiger partial charge in [0.25, 0.3) is 0 Å². The second-order valence-electron chi connectivity index (χ2n) is 9.61. The third-order valence-corrected chi connectivity index (χ3v) is 5.28. The average Bonchev–Trinajstić information content (AvgIpc) is 3.01. The maximum atomic E-state index is 13.0. The second-order valence-corrected chi connectivity index (χ2v) is 9.61. The first-order valence-corrected chi connectivity index (χ1v) is 12.2.